The molecule has 0 N–H and O–H groups in total. The maximum Gasteiger partial charge on any atom is 0.306 e. The molecule has 1 heterocycles. The summed E-state index contributed by atoms with van der Waals surface area (Å²) in [6, 6.07) is 0. The van der Waals surface area contributed by atoms with Crippen molar-refractivity contribution in [2.24, 2.45) is 18.4 Å². The van der Waals surface area contributed by atoms with Crippen LogP contribution < -0.4 is 0 Å². The molecule has 0 saturated heterocycles. The van der Waals surface area contributed by atoms with Gasteiger partial charge in [0.25, 0.3) is 0 Å². The van der Waals surface area contributed by atoms with E-state index in [-0.39, 0.29) is 12.1 Å². The first kappa shape index (κ1) is 17.0. The molecule has 1 aromatic heterocycles. The van der Waals surface area contributed by atoms with Crippen LogP contribution in [0.25, 0.3) is 0 Å². The number of hydrogen-bond acceptors (Lipinski definition) is 3. The molecule has 1 aliphatic carbocycles. The highest BCUT2D eigenvalue weighted by Crippen LogP contribution is 2.38. The van der Waals surface area contributed by atoms with E-state index in [2.05, 4.69) is 25.9 Å². The smallest absolute Gasteiger partial charge is 0.306 e. The summed E-state index contributed by atoms with van der Waals surface area (Å²) in [6.45, 7) is 8.90. The number of ether oxygens (including phenoxy) is 1. The molecule has 22 heavy (non-hydrogen) atoms. The first-order chi connectivity index (χ1) is 10.3. The Bertz CT molecular complexity index is 506. The number of aromatic nitrogens is 2. The average Bonchev–Trinajstić information content (AvgIpc) is 2.74. The van der Waals surface area contributed by atoms with Crippen molar-refractivity contribution in [2.45, 2.75) is 72.3 Å². The zero-order valence-corrected chi connectivity index (χ0v) is 14.7. The normalized spacial score (nSPS) is 22.6. The van der Waals surface area contributed by atoms with Crippen molar-refractivity contribution in [1.82, 2.24) is 9.78 Å². The quantitative estimate of drug-likeness (QED) is 0.795. The minimum absolute atomic E-state index is 0.0672. The van der Waals surface area contributed by atoms with Crippen molar-refractivity contribution < 1.29 is 9.53 Å². The fraction of sp³-hybridized carbons (Fsp3) is 0.778. The molecule has 1 fully saturated rings. The number of nitrogens with zero attached hydrogens (tertiary/aromatic N) is 2. The van der Waals surface area contributed by atoms with Crippen molar-refractivity contribution in [3.63, 3.8) is 0 Å². The fourth-order valence-corrected chi connectivity index (χ4v) is 3.42. The Labute approximate surface area is 134 Å². The van der Waals surface area contributed by atoms with Crippen molar-refractivity contribution in [3.8, 4) is 0 Å². The minimum Gasteiger partial charge on any atom is -0.462 e. The third kappa shape index (κ3) is 4.59. The van der Waals surface area contributed by atoms with Crippen LogP contribution in [0.5, 0.6) is 0 Å². The first-order valence-corrected chi connectivity index (χ1v) is 8.44. The van der Waals surface area contributed by atoms with Gasteiger partial charge < -0.3 is 4.74 Å². The predicted molar refractivity (Wildman–Crippen MR) is 87.6 cm³/mol. The van der Waals surface area contributed by atoms with Gasteiger partial charge >= 0.3 is 5.97 Å². The van der Waals surface area contributed by atoms with Crippen LogP contribution in [0.2, 0.25) is 0 Å². The standard InChI is InChI=1S/C18H30N2O2/c1-13-14(12-20(5)19-13)6-11-17(21)22-16-9-7-15(8-10-16)18(2,3)4/h12,15-16H,6-11H2,1-5H3. The Morgan fingerprint density at radius 3 is 2.45 bits per heavy atom. The van der Waals surface area contributed by atoms with E-state index in [1.54, 1.807) is 4.68 Å². The van der Waals surface area contributed by atoms with Crippen molar-refractivity contribution >= 4 is 5.97 Å². The van der Waals surface area contributed by atoms with Gasteiger partial charge in [0.1, 0.15) is 6.10 Å². The van der Waals surface area contributed by atoms with Crippen LogP contribution in [0, 0.1) is 18.3 Å². The molecular formula is C18H30N2O2. The minimum atomic E-state index is -0.0672. The summed E-state index contributed by atoms with van der Waals surface area (Å²) in [6.07, 6.45) is 7.64. The van der Waals surface area contributed by atoms with Gasteiger partial charge in [-0.05, 0) is 55.9 Å². The molecule has 124 valence electrons. The Hall–Kier alpha value is -1.32. The summed E-state index contributed by atoms with van der Waals surface area (Å²) < 4.78 is 7.45. The SMILES string of the molecule is Cc1nn(C)cc1CCC(=O)OC1CCC(C(C)(C)C)CC1. The van der Waals surface area contributed by atoms with Crippen LogP contribution in [-0.2, 0) is 23.0 Å². The van der Waals surface area contributed by atoms with E-state index in [1.165, 1.54) is 12.8 Å². The van der Waals surface area contributed by atoms with Gasteiger partial charge in [0, 0.05) is 19.7 Å². The predicted octanol–water partition coefficient (Wildman–Crippen LogP) is 3.81. The highest BCUT2D eigenvalue weighted by Gasteiger charge is 2.30. The first-order valence-electron chi connectivity index (χ1n) is 8.44. The molecule has 4 nitrogen and oxygen atoms in total. The fourth-order valence-electron chi connectivity index (χ4n) is 3.42. The maximum absolute atomic E-state index is 12.0. The summed E-state index contributed by atoms with van der Waals surface area (Å²) in [7, 11) is 1.91. The number of esters is 1. The lowest BCUT2D eigenvalue weighted by molar-refractivity contribution is -0.151. The summed E-state index contributed by atoms with van der Waals surface area (Å²) >= 11 is 0. The molecule has 1 aliphatic rings. The largest absolute Gasteiger partial charge is 0.462 e. The van der Waals surface area contributed by atoms with Gasteiger partial charge in [0.05, 0.1) is 5.69 Å². The molecule has 0 bridgehead atoms. The monoisotopic (exact) mass is 306 g/mol. The van der Waals surface area contributed by atoms with E-state index in [4.69, 9.17) is 4.74 Å². The van der Waals surface area contributed by atoms with Crippen LogP contribution in [-0.4, -0.2) is 21.9 Å². The molecular weight excluding hydrogens is 276 g/mol. The summed E-state index contributed by atoms with van der Waals surface area (Å²) in [5, 5.41) is 4.30. The third-order valence-electron chi connectivity index (χ3n) is 4.91. The molecule has 1 saturated carbocycles. The summed E-state index contributed by atoms with van der Waals surface area (Å²) in [4.78, 5) is 12.0. The van der Waals surface area contributed by atoms with Gasteiger partial charge in [-0.3, -0.25) is 9.48 Å². The van der Waals surface area contributed by atoms with E-state index >= 15 is 0 Å². The zero-order valence-electron chi connectivity index (χ0n) is 14.7. The molecule has 0 atom stereocenters. The van der Waals surface area contributed by atoms with Crippen LogP contribution >= 0.6 is 0 Å². The van der Waals surface area contributed by atoms with Gasteiger partial charge in [-0.2, -0.15) is 5.10 Å². The topological polar surface area (TPSA) is 44.1 Å². The molecule has 4 heteroatoms. The summed E-state index contributed by atoms with van der Waals surface area (Å²) in [5.74, 6) is 0.683. The Morgan fingerprint density at radius 2 is 1.95 bits per heavy atom. The van der Waals surface area contributed by atoms with Crippen LogP contribution in [0.1, 0.15) is 64.1 Å². The highest BCUT2D eigenvalue weighted by molar-refractivity contribution is 5.70. The molecule has 1 aromatic rings. The number of carbonyl (C=O) groups excluding carboxylic acids is 1. The Kier molecular flexibility index (Phi) is 5.30. The van der Waals surface area contributed by atoms with Gasteiger partial charge in [0.2, 0.25) is 0 Å². The second kappa shape index (κ2) is 6.84. The van der Waals surface area contributed by atoms with E-state index < -0.39 is 0 Å². The van der Waals surface area contributed by atoms with Crippen LogP contribution in [0.3, 0.4) is 0 Å². The van der Waals surface area contributed by atoms with Crippen molar-refractivity contribution in [1.29, 1.82) is 0 Å². The average molecular weight is 306 g/mol. The maximum atomic E-state index is 12.0. The second-order valence-electron chi connectivity index (χ2n) is 7.74. The molecule has 0 amide bonds. The van der Waals surface area contributed by atoms with Gasteiger partial charge in [-0.25, -0.2) is 0 Å². The van der Waals surface area contributed by atoms with E-state index in [9.17, 15) is 4.79 Å². The van der Waals surface area contributed by atoms with E-state index in [0.717, 1.165) is 36.4 Å². The Morgan fingerprint density at radius 1 is 1.32 bits per heavy atom. The number of carbonyl (C=O) groups is 1. The lowest BCUT2D eigenvalue weighted by Crippen LogP contribution is -2.30. The van der Waals surface area contributed by atoms with Crippen molar-refractivity contribution in [3.05, 3.63) is 17.5 Å². The van der Waals surface area contributed by atoms with Gasteiger partial charge in [0.15, 0.2) is 0 Å². The highest BCUT2D eigenvalue weighted by atomic mass is 16.5. The van der Waals surface area contributed by atoms with E-state index in [1.807, 2.05) is 20.2 Å². The number of aryl methyl sites for hydroxylation is 3. The van der Waals surface area contributed by atoms with Crippen LogP contribution in [0.4, 0.5) is 0 Å². The lowest BCUT2D eigenvalue weighted by Gasteiger charge is -2.36. The molecule has 2 rings (SSSR count). The van der Waals surface area contributed by atoms with Gasteiger partial charge in [-0.1, -0.05) is 20.8 Å². The molecule has 0 spiro atoms. The van der Waals surface area contributed by atoms with E-state index in [0.29, 0.717) is 11.8 Å². The van der Waals surface area contributed by atoms with Gasteiger partial charge in [-0.15, -0.1) is 0 Å². The zero-order chi connectivity index (χ0) is 16.3. The molecule has 0 aromatic carbocycles. The Balaban J connectivity index is 1.73. The van der Waals surface area contributed by atoms with Crippen LogP contribution in [0.15, 0.2) is 6.20 Å². The van der Waals surface area contributed by atoms with Crippen molar-refractivity contribution in [2.75, 3.05) is 0 Å². The summed E-state index contributed by atoms with van der Waals surface area (Å²) in [5.41, 5.74) is 2.50. The molecule has 0 unspecified atom stereocenters. The molecule has 0 radical (unpaired) electrons. The third-order valence-corrected chi connectivity index (χ3v) is 4.91. The number of hydrogen-bond donors (Lipinski definition) is 0. The molecule has 0 aliphatic heterocycles. The number of rotatable bonds is 4. The second-order valence-corrected chi connectivity index (χ2v) is 7.74. The lowest BCUT2D eigenvalue weighted by atomic mass is 9.72.